The Kier molecular flexibility index (Phi) is 8.17. The molecule has 0 heterocycles. The number of carbonyl (C=O) groups excluding carboxylic acids is 1. The van der Waals surface area contributed by atoms with E-state index in [2.05, 4.69) is 0 Å². The lowest BCUT2D eigenvalue weighted by Crippen LogP contribution is -2.37. The first-order chi connectivity index (χ1) is 10.5. The zero-order valence-corrected chi connectivity index (χ0v) is 12.6. The highest BCUT2D eigenvalue weighted by Crippen LogP contribution is 2.10. The number of unbranched alkanes of at least 4 members (excludes halogenated alkanes) is 1. The highest BCUT2D eigenvalue weighted by molar-refractivity contribution is 5.80. The fourth-order valence-electron chi connectivity index (χ4n) is 2.03. The summed E-state index contributed by atoms with van der Waals surface area (Å²) in [5, 5.41) is 9.16. The second-order valence-corrected chi connectivity index (χ2v) is 5.18. The molecule has 0 aromatic heterocycles. The number of carboxylic acid groups (broad SMARTS) is 1. The minimum Gasteiger partial charge on any atom is -0.479 e. The monoisotopic (exact) mass is 308 g/mol. The molecule has 0 radical (unpaired) electrons. The lowest BCUT2D eigenvalue weighted by atomic mass is 10.1. The summed E-state index contributed by atoms with van der Waals surface area (Å²) in [4.78, 5) is 23.0. The molecule has 22 heavy (non-hydrogen) atoms. The fourth-order valence-corrected chi connectivity index (χ4v) is 2.03. The summed E-state index contributed by atoms with van der Waals surface area (Å²) in [5.74, 6) is -1.82. The van der Waals surface area contributed by atoms with E-state index in [4.69, 9.17) is 21.3 Å². The van der Waals surface area contributed by atoms with Gasteiger partial charge in [-0.2, -0.15) is 0 Å². The van der Waals surface area contributed by atoms with Crippen LogP contribution in [0.1, 0.15) is 31.2 Å². The van der Waals surface area contributed by atoms with Crippen molar-refractivity contribution in [2.75, 3.05) is 6.54 Å². The molecule has 0 saturated carbocycles. The number of benzene rings is 1. The molecular formula is C16H24N2O4. The fraction of sp³-hybridized carbons (Fsp3) is 0.500. The highest BCUT2D eigenvalue weighted by Gasteiger charge is 2.25. The van der Waals surface area contributed by atoms with Crippen molar-refractivity contribution in [3.8, 4) is 0 Å². The summed E-state index contributed by atoms with van der Waals surface area (Å²) in [6.07, 6.45) is 1.51. The van der Waals surface area contributed by atoms with Gasteiger partial charge in [-0.25, -0.2) is 4.79 Å². The first kappa shape index (κ1) is 18.1. The molecule has 1 aromatic carbocycles. The van der Waals surface area contributed by atoms with E-state index in [0.717, 1.165) is 12.0 Å². The molecule has 0 aliphatic carbocycles. The molecule has 6 heteroatoms. The van der Waals surface area contributed by atoms with Gasteiger partial charge in [0, 0.05) is 0 Å². The number of carboxylic acids is 1. The van der Waals surface area contributed by atoms with Crippen molar-refractivity contribution in [2.45, 2.75) is 44.2 Å². The third-order valence-electron chi connectivity index (χ3n) is 3.34. The van der Waals surface area contributed by atoms with Gasteiger partial charge in [0.2, 0.25) is 0 Å². The predicted octanol–water partition coefficient (Wildman–Crippen LogP) is 1.07. The van der Waals surface area contributed by atoms with Crippen molar-refractivity contribution in [3.05, 3.63) is 35.9 Å². The average molecular weight is 308 g/mol. The Balaban J connectivity index is 2.46. The zero-order chi connectivity index (χ0) is 16.4. The molecule has 5 N–H and O–H groups in total. The minimum absolute atomic E-state index is 0.223. The number of nitrogens with two attached hydrogens (primary N) is 2. The maximum absolute atomic E-state index is 11.8. The van der Waals surface area contributed by atoms with Crippen LogP contribution in [0.25, 0.3) is 0 Å². The van der Waals surface area contributed by atoms with Crippen molar-refractivity contribution in [1.82, 2.24) is 0 Å². The van der Waals surface area contributed by atoms with Crippen molar-refractivity contribution >= 4 is 11.9 Å². The number of hydrogen-bond donors (Lipinski definition) is 3. The first-order valence-corrected chi connectivity index (χ1v) is 7.47. The molecule has 0 spiro atoms. The lowest BCUT2D eigenvalue weighted by Gasteiger charge is -2.17. The van der Waals surface area contributed by atoms with E-state index in [9.17, 15) is 9.59 Å². The summed E-state index contributed by atoms with van der Waals surface area (Å²) in [7, 11) is 0. The van der Waals surface area contributed by atoms with Gasteiger partial charge >= 0.3 is 11.9 Å². The second kappa shape index (κ2) is 9.92. The van der Waals surface area contributed by atoms with Crippen LogP contribution in [0.2, 0.25) is 0 Å². The number of hydrogen-bond acceptors (Lipinski definition) is 5. The van der Waals surface area contributed by atoms with Crippen molar-refractivity contribution in [3.63, 3.8) is 0 Å². The van der Waals surface area contributed by atoms with E-state index < -0.39 is 24.1 Å². The predicted molar refractivity (Wildman–Crippen MR) is 83.2 cm³/mol. The second-order valence-electron chi connectivity index (χ2n) is 5.18. The smallest absolute Gasteiger partial charge is 0.345 e. The van der Waals surface area contributed by atoms with Gasteiger partial charge in [-0.05, 0) is 37.8 Å². The molecule has 0 fully saturated rings. The van der Waals surface area contributed by atoms with Gasteiger partial charge in [-0.15, -0.1) is 0 Å². The van der Waals surface area contributed by atoms with E-state index in [1.54, 1.807) is 0 Å². The topological polar surface area (TPSA) is 116 Å². The molecular weight excluding hydrogens is 284 g/mol. The molecule has 2 atom stereocenters. The number of carbonyl (C=O) groups is 2. The van der Waals surface area contributed by atoms with E-state index in [1.807, 2.05) is 30.3 Å². The van der Waals surface area contributed by atoms with Crippen LogP contribution in [0.3, 0.4) is 0 Å². The van der Waals surface area contributed by atoms with Crippen LogP contribution >= 0.6 is 0 Å². The van der Waals surface area contributed by atoms with Crippen LogP contribution in [0, 0.1) is 0 Å². The largest absolute Gasteiger partial charge is 0.479 e. The molecule has 0 aliphatic rings. The Labute approximate surface area is 130 Å². The maximum Gasteiger partial charge on any atom is 0.345 e. The molecule has 0 amide bonds. The third-order valence-corrected chi connectivity index (χ3v) is 3.34. The van der Waals surface area contributed by atoms with Crippen LogP contribution in [-0.4, -0.2) is 35.7 Å². The molecule has 0 bridgehead atoms. The molecule has 1 aromatic rings. The number of esters is 1. The summed E-state index contributed by atoms with van der Waals surface area (Å²) < 4.78 is 5.03. The van der Waals surface area contributed by atoms with Gasteiger partial charge in [0.05, 0.1) is 0 Å². The van der Waals surface area contributed by atoms with E-state index in [-0.39, 0.29) is 6.42 Å². The Morgan fingerprint density at radius 3 is 2.41 bits per heavy atom. The Hall–Kier alpha value is -1.92. The SMILES string of the molecule is NCCCC[C@H](N)C(=O)OC(CCc1ccccc1)C(=O)O. The average Bonchev–Trinajstić information content (AvgIpc) is 2.52. The molecule has 0 aliphatic heterocycles. The van der Waals surface area contributed by atoms with Crippen LogP contribution < -0.4 is 11.5 Å². The van der Waals surface area contributed by atoms with Gasteiger partial charge in [-0.3, -0.25) is 4.79 Å². The van der Waals surface area contributed by atoms with E-state index in [0.29, 0.717) is 25.8 Å². The molecule has 1 unspecified atom stereocenters. The van der Waals surface area contributed by atoms with Crippen molar-refractivity contribution in [1.29, 1.82) is 0 Å². The van der Waals surface area contributed by atoms with Crippen LogP contribution in [-0.2, 0) is 20.7 Å². The lowest BCUT2D eigenvalue weighted by molar-refractivity contribution is -0.165. The van der Waals surface area contributed by atoms with Crippen LogP contribution in [0.15, 0.2) is 30.3 Å². The maximum atomic E-state index is 11.8. The van der Waals surface area contributed by atoms with Gasteiger partial charge in [-0.1, -0.05) is 36.8 Å². The quantitative estimate of drug-likeness (QED) is 0.440. The van der Waals surface area contributed by atoms with Crippen LogP contribution in [0.4, 0.5) is 0 Å². The summed E-state index contributed by atoms with van der Waals surface area (Å²) in [6, 6.07) is 8.65. The number of rotatable bonds is 10. The Morgan fingerprint density at radius 2 is 1.82 bits per heavy atom. The van der Waals surface area contributed by atoms with Crippen molar-refractivity contribution in [2.24, 2.45) is 11.5 Å². The van der Waals surface area contributed by atoms with Gasteiger partial charge in [0.25, 0.3) is 0 Å². The molecule has 6 nitrogen and oxygen atoms in total. The third kappa shape index (κ3) is 6.69. The van der Waals surface area contributed by atoms with E-state index in [1.165, 1.54) is 0 Å². The summed E-state index contributed by atoms with van der Waals surface area (Å²) in [6.45, 7) is 0.538. The van der Waals surface area contributed by atoms with Crippen molar-refractivity contribution < 1.29 is 19.4 Å². The number of aryl methyl sites for hydroxylation is 1. The number of ether oxygens (including phenoxy) is 1. The van der Waals surface area contributed by atoms with Gasteiger partial charge in [0.1, 0.15) is 6.04 Å². The minimum atomic E-state index is -1.17. The molecule has 0 saturated heterocycles. The summed E-state index contributed by atoms with van der Waals surface area (Å²) >= 11 is 0. The van der Waals surface area contributed by atoms with Gasteiger partial charge in [0.15, 0.2) is 6.10 Å². The Bertz CT molecular complexity index is 464. The standard InChI is InChI=1S/C16H24N2O4/c17-11-5-4-8-13(18)16(21)22-14(15(19)20)10-9-12-6-2-1-3-7-12/h1-3,6-7,13-14H,4-5,8-11,17-18H2,(H,19,20)/t13-,14?/m0/s1. The van der Waals surface area contributed by atoms with Gasteiger partial charge < -0.3 is 21.3 Å². The van der Waals surface area contributed by atoms with E-state index >= 15 is 0 Å². The molecule has 122 valence electrons. The highest BCUT2D eigenvalue weighted by atomic mass is 16.6. The zero-order valence-electron chi connectivity index (χ0n) is 12.6. The first-order valence-electron chi connectivity index (χ1n) is 7.47. The van der Waals surface area contributed by atoms with Crippen LogP contribution in [0.5, 0.6) is 0 Å². The summed E-state index contributed by atoms with van der Waals surface area (Å²) in [5.41, 5.74) is 12.1. The normalized spacial score (nSPS) is 13.4. The Morgan fingerprint density at radius 1 is 1.14 bits per heavy atom. The molecule has 1 rings (SSSR count). The number of aliphatic carboxylic acids is 1.